The van der Waals surface area contributed by atoms with Gasteiger partial charge in [0.2, 0.25) is 5.95 Å². The number of rotatable bonds is 5. The van der Waals surface area contributed by atoms with Gasteiger partial charge in [0.25, 0.3) is 0 Å². The Kier molecular flexibility index (Phi) is 7.35. The van der Waals surface area contributed by atoms with Crippen molar-refractivity contribution in [3.05, 3.63) is 53.9 Å². The minimum absolute atomic E-state index is 0.791. The third-order valence-corrected chi connectivity index (χ3v) is 6.35. The number of nitrogens with zero attached hydrogens (tertiary/aromatic N) is 6. The van der Waals surface area contributed by atoms with Gasteiger partial charge in [0.15, 0.2) is 5.96 Å². The Bertz CT molecular complexity index is 838. The summed E-state index contributed by atoms with van der Waals surface area (Å²) in [4.78, 5) is 20.4. The topological polar surface area (TPSA) is 59.9 Å². The summed E-state index contributed by atoms with van der Waals surface area (Å²) in [6.45, 7) is 10.3. The molecule has 1 N–H and O–H groups in total. The lowest BCUT2D eigenvalue weighted by atomic mass is 9.98. The van der Waals surface area contributed by atoms with Crippen LogP contribution in [0.1, 0.15) is 30.9 Å². The zero-order chi connectivity index (χ0) is 21.5. The second-order valence-electron chi connectivity index (χ2n) is 8.70. The van der Waals surface area contributed by atoms with E-state index in [2.05, 4.69) is 66.2 Å². The number of hydrogen-bond acceptors (Lipinski definition) is 5. The molecule has 7 heteroatoms. The van der Waals surface area contributed by atoms with Crippen molar-refractivity contribution in [1.82, 2.24) is 25.1 Å². The monoisotopic (exact) mass is 421 g/mol. The van der Waals surface area contributed by atoms with E-state index < -0.39 is 0 Å². The van der Waals surface area contributed by atoms with Crippen LogP contribution in [0, 0.1) is 5.92 Å². The smallest absolute Gasteiger partial charge is 0.225 e. The summed E-state index contributed by atoms with van der Waals surface area (Å²) in [6, 6.07) is 10.8. The van der Waals surface area contributed by atoms with E-state index in [0.717, 1.165) is 57.1 Å². The van der Waals surface area contributed by atoms with Crippen molar-refractivity contribution in [2.24, 2.45) is 10.9 Å². The molecule has 0 amide bonds. The summed E-state index contributed by atoms with van der Waals surface area (Å²) < 4.78 is 0. The number of anilines is 1. The predicted molar refractivity (Wildman–Crippen MR) is 126 cm³/mol. The Balaban J connectivity index is 1.27. The van der Waals surface area contributed by atoms with Crippen LogP contribution in [0.15, 0.2) is 47.7 Å². The highest BCUT2D eigenvalue weighted by Gasteiger charge is 2.21. The lowest BCUT2D eigenvalue weighted by Crippen LogP contribution is -2.52. The number of nitrogens with one attached hydrogen (secondary N) is 1. The average molecular weight is 422 g/mol. The molecule has 2 aliphatic heterocycles. The molecule has 7 nitrogen and oxygen atoms in total. The van der Waals surface area contributed by atoms with Gasteiger partial charge in [-0.05, 0) is 49.0 Å². The van der Waals surface area contributed by atoms with E-state index >= 15 is 0 Å². The lowest BCUT2D eigenvalue weighted by molar-refractivity contribution is 0.185. The third-order valence-electron chi connectivity index (χ3n) is 6.35. The average Bonchev–Trinajstić information content (AvgIpc) is 2.82. The van der Waals surface area contributed by atoms with Crippen LogP contribution in [0.3, 0.4) is 0 Å². The van der Waals surface area contributed by atoms with Crippen molar-refractivity contribution >= 4 is 11.9 Å². The van der Waals surface area contributed by atoms with Gasteiger partial charge in [0, 0.05) is 58.7 Å². The van der Waals surface area contributed by atoms with Crippen molar-refractivity contribution in [2.45, 2.75) is 32.9 Å². The number of piperidine rings is 1. The van der Waals surface area contributed by atoms with Gasteiger partial charge in [-0.3, -0.25) is 9.89 Å². The molecule has 0 saturated carbocycles. The van der Waals surface area contributed by atoms with Crippen LogP contribution < -0.4 is 10.2 Å². The molecule has 2 aromatic rings. The molecule has 2 fully saturated rings. The van der Waals surface area contributed by atoms with E-state index in [0.29, 0.717) is 0 Å². The van der Waals surface area contributed by atoms with Crippen molar-refractivity contribution in [3.63, 3.8) is 0 Å². The molecular formula is C24H35N7. The summed E-state index contributed by atoms with van der Waals surface area (Å²) >= 11 is 0. The quantitative estimate of drug-likeness (QED) is 0.592. The Labute approximate surface area is 186 Å². The molecule has 0 bridgehead atoms. The van der Waals surface area contributed by atoms with E-state index in [1.807, 2.05) is 13.1 Å². The standard InChI is InChI=1S/C24H35N7/c1-20-7-11-29(12-8-20)19-22-6-3-5-21(17-22)18-28-23(25-2)30-13-15-31(16-14-30)24-26-9-4-10-27-24/h3-6,9-10,17,20H,7-8,11-16,18-19H2,1-2H3,(H,25,28). The third kappa shape index (κ3) is 5.94. The Hall–Kier alpha value is -2.67. The zero-order valence-electron chi connectivity index (χ0n) is 18.9. The molecule has 0 unspecified atom stereocenters. The molecule has 0 radical (unpaired) electrons. The molecule has 0 spiro atoms. The molecule has 166 valence electrons. The number of aliphatic imine (C=N–C) groups is 1. The van der Waals surface area contributed by atoms with Gasteiger partial charge in [0.1, 0.15) is 0 Å². The predicted octanol–water partition coefficient (Wildman–Crippen LogP) is 2.61. The highest BCUT2D eigenvalue weighted by Crippen LogP contribution is 2.18. The first kappa shape index (κ1) is 21.6. The normalized spacial score (nSPS) is 19.0. The van der Waals surface area contributed by atoms with Crippen LogP contribution >= 0.6 is 0 Å². The van der Waals surface area contributed by atoms with Crippen LogP contribution in [0.25, 0.3) is 0 Å². The van der Waals surface area contributed by atoms with E-state index in [-0.39, 0.29) is 0 Å². The van der Waals surface area contributed by atoms with Crippen molar-refractivity contribution in [3.8, 4) is 0 Å². The van der Waals surface area contributed by atoms with E-state index in [1.165, 1.54) is 37.1 Å². The van der Waals surface area contributed by atoms with Gasteiger partial charge in [-0.25, -0.2) is 9.97 Å². The van der Waals surface area contributed by atoms with Gasteiger partial charge >= 0.3 is 0 Å². The van der Waals surface area contributed by atoms with Crippen molar-refractivity contribution in [1.29, 1.82) is 0 Å². The molecule has 3 heterocycles. The number of benzene rings is 1. The summed E-state index contributed by atoms with van der Waals surface area (Å²) in [5.74, 6) is 2.65. The summed E-state index contributed by atoms with van der Waals surface area (Å²) in [5, 5.41) is 3.56. The minimum Gasteiger partial charge on any atom is -0.352 e. The van der Waals surface area contributed by atoms with Crippen LogP contribution in [0.5, 0.6) is 0 Å². The van der Waals surface area contributed by atoms with Crippen molar-refractivity contribution < 1.29 is 0 Å². The van der Waals surface area contributed by atoms with Gasteiger partial charge in [-0.1, -0.05) is 31.2 Å². The molecule has 1 aromatic carbocycles. The second kappa shape index (κ2) is 10.6. The Morgan fingerprint density at radius 3 is 2.42 bits per heavy atom. The fraction of sp³-hybridized carbons (Fsp3) is 0.542. The molecule has 0 atom stereocenters. The van der Waals surface area contributed by atoms with E-state index in [4.69, 9.17) is 0 Å². The number of piperazine rings is 1. The van der Waals surface area contributed by atoms with Crippen LogP contribution in [-0.4, -0.2) is 72.0 Å². The first-order valence-electron chi connectivity index (χ1n) is 11.5. The molecule has 31 heavy (non-hydrogen) atoms. The number of hydrogen-bond donors (Lipinski definition) is 1. The first-order valence-corrected chi connectivity index (χ1v) is 11.5. The number of likely N-dealkylation sites (tertiary alicyclic amines) is 1. The van der Waals surface area contributed by atoms with Crippen LogP contribution in [0.2, 0.25) is 0 Å². The van der Waals surface area contributed by atoms with Gasteiger partial charge in [0.05, 0.1) is 0 Å². The van der Waals surface area contributed by atoms with Crippen LogP contribution in [0.4, 0.5) is 5.95 Å². The maximum Gasteiger partial charge on any atom is 0.225 e. The van der Waals surface area contributed by atoms with E-state index in [9.17, 15) is 0 Å². The molecule has 0 aliphatic carbocycles. The van der Waals surface area contributed by atoms with Gasteiger partial charge in [-0.2, -0.15) is 0 Å². The largest absolute Gasteiger partial charge is 0.352 e. The summed E-state index contributed by atoms with van der Waals surface area (Å²) in [6.07, 6.45) is 6.24. The fourth-order valence-electron chi connectivity index (χ4n) is 4.40. The minimum atomic E-state index is 0.791. The first-order chi connectivity index (χ1) is 15.2. The van der Waals surface area contributed by atoms with Crippen LogP contribution in [-0.2, 0) is 13.1 Å². The highest BCUT2D eigenvalue weighted by molar-refractivity contribution is 5.80. The lowest BCUT2D eigenvalue weighted by Gasteiger charge is -2.36. The maximum atomic E-state index is 4.52. The van der Waals surface area contributed by atoms with E-state index in [1.54, 1.807) is 12.4 Å². The molecule has 4 rings (SSSR count). The molecular weight excluding hydrogens is 386 g/mol. The Morgan fingerprint density at radius 2 is 1.71 bits per heavy atom. The highest BCUT2D eigenvalue weighted by atomic mass is 15.4. The van der Waals surface area contributed by atoms with Gasteiger partial charge < -0.3 is 15.1 Å². The fourth-order valence-corrected chi connectivity index (χ4v) is 4.40. The summed E-state index contributed by atoms with van der Waals surface area (Å²) in [5.41, 5.74) is 2.71. The molecule has 2 saturated heterocycles. The zero-order valence-corrected chi connectivity index (χ0v) is 18.9. The molecule has 1 aromatic heterocycles. The molecule has 2 aliphatic rings. The SMILES string of the molecule is CN=C(NCc1cccc(CN2CCC(C)CC2)c1)N1CCN(c2ncccn2)CC1. The Morgan fingerprint density at radius 1 is 1.00 bits per heavy atom. The maximum absolute atomic E-state index is 4.52. The van der Waals surface area contributed by atoms with Gasteiger partial charge in [-0.15, -0.1) is 0 Å². The van der Waals surface area contributed by atoms with Crippen molar-refractivity contribution in [2.75, 3.05) is 51.2 Å². The number of guanidine groups is 1. The summed E-state index contributed by atoms with van der Waals surface area (Å²) in [7, 11) is 1.86. The second-order valence-corrected chi connectivity index (χ2v) is 8.70. The number of aromatic nitrogens is 2.